The summed E-state index contributed by atoms with van der Waals surface area (Å²) in [6.07, 6.45) is 1.58. The largest absolute Gasteiger partial charge is 0.324 e. The van der Waals surface area contributed by atoms with E-state index < -0.39 is 6.04 Å². The van der Waals surface area contributed by atoms with Gasteiger partial charge in [0.05, 0.1) is 0 Å². The molecule has 0 aliphatic rings. The number of carbonyl (C=O) groups is 2. The second kappa shape index (κ2) is 10.7. The van der Waals surface area contributed by atoms with Gasteiger partial charge in [-0.25, -0.2) is 0 Å². The third-order valence-electron chi connectivity index (χ3n) is 5.13. The number of carbonyl (C=O) groups excluding carboxylic acids is 2. The lowest BCUT2D eigenvalue weighted by atomic mass is 10.0. The van der Waals surface area contributed by atoms with Crippen molar-refractivity contribution in [2.24, 2.45) is 0 Å². The molecule has 0 aliphatic carbocycles. The van der Waals surface area contributed by atoms with Gasteiger partial charge in [-0.15, -0.1) is 0 Å². The molecular weight excluding hydrogens is 478 g/mol. The molecule has 4 aromatic rings. The number of hydrogen-bond acceptors (Lipinski definition) is 3. The normalized spacial score (nSPS) is 11.4. The quantitative estimate of drug-likeness (QED) is 0.346. The molecule has 5 nitrogen and oxygen atoms in total. The molecule has 0 radical (unpaired) electrons. The zero-order valence-electron chi connectivity index (χ0n) is 17.8. The number of halogens is 1. The van der Waals surface area contributed by atoms with Gasteiger partial charge < -0.3 is 10.2 Å². The van der Waals surface area contributed by atoms with E-state index >= 15 is 0 Å². The number of rotatable bonds is 7. The van der Waals surface area contributed by atoms with Gasteiger partial charge in [-0.1, -0.05) is 82.7 Å². The van der Waals surface area contributed by atoms with Crippen LogP contribution in [0.15, 0.2) is 114 Å². The summed E-state index contributed by atoms with van der Waals surface area (Å²) in [6.45, 7) is 0.254. The van der Waals surface area contributed by atoms with Gasteiger partial charge in [0.25, 0.3) is 11.8 Å². The zero-order chi connectivity index (χ0) is 23.0. The molecule has 164 valence electrons. The van der Waals surface area contributed by atoms with Crippen molar-refractivity contribution >= 4 is 33.4 Å². The van der Waals surface area contributed by atoms with E-state index in [1.807, 2.05) is 84.9 Å². The molecule has 1 heterocycles. The summed E-state index contributed by atoms with van der Waals surface area (Å²) in [5.74, 6) is -0.622. The number of nitrogens with zero attached hydrogens (tertiary/aromatic N) is 2. The van der Waals surface area contributed by atoms with E-state index in [1.165, 1.54) is 0 Å². The summed E-state index contributed by atoms with van der Waals surface area (Å²) in [7, 11) is 0. The number of amides is 2. The summed E-state index contributed by atoms with van der Waals surface area (Å²) in [5.41, 5.74) is 2.56. The summed E-state index contributed by atoms with van der Waals surface area (Å²) >= 11 is 3.41. The van der Waals surface area contributed by atoms with E-state index in [1.54, 1.807) is 29.3 Å². The van der Waals surface area contributed by atoms with Crippen LogP contribution in [-0.2, 0) is 11.3 Å². The lowest BCUT2D eigenvalue weighted by Gasteiger charge is -2.31. The number of benzene rings is 3. The van der Waals surface area contributed by atoms with Crippen LogP contribution in [0.4, 0.5) is 5.69 Å². The van der Waals surface area contributed by atoms with Gasteiger partial charge in [0, 0.05) is 22.9 Å². The maximum Gasteiger partial charge on any atom is 0.273 e. The highest BCUT2D eigenvalue weighted by Gasteiger charge is 2.32. The molecule has 1 aromatic heterocycles. The van der Waals surface area contributed by atoms with Gasteiger partial charge in [0.2, 0.25) is 0 Å². The zero-order valence-corrected chi connectivity index (χ0v) is 19.4. The molecule has 0 spiro atoms. The Morgan fingerprint density at radius 1 is 0.818 bits per heavy atom. The third kappa shape index (κ3) is 5.73. The first-order valence-corrected chi connectivity index (χ1v) is 11.3. The van der Waals surface area contributed by atoms with Crippen molar-refractivity contribution in [3.63, 3.8) is 0 Å². The molecule has 4 rings (SSSR count). The Morgan fingerprint density at radius 3 is 2.09 bits per heavy atom. The molecule has 2 amide bonds. The van der Waals surface area contributed by atoms with E-state index in [-0.39, 0.29) is 24.1 Å². The maximum absolute atomic E-state index is 13.6. The molecule has 3 aromatic carbocycles. The van der Waals surface area contributed by atoms with Gasteiger partial charge in [0.15, 0.2) is 0 Å². The molecule has 0 bridgehead atoms. The lowest BCUT2D eigenvalue weighted by molar-refractivity contribution is -0.121. The van der Waals surface area contributed by atoms with Gasteiger partial charge in [-0.3, -0.25) is 14.6 Å². The van der Waals surface area contributed by atoms with E-state index in [9.17, 15) is 9.59 Å². The predicted octanol–water partition coefficient (Wildman–Crippen LogP) is 5.87. The minimum absolute atomic E-state index is 0.254. The molecule has 33 heavy (non-hydrogen) atoms. The van der Waals surface area contributed by atoms with Crippen LogP contribution in [0.2, 0.25) is 0 Å². The fourth-order valence-electron chi connectivity index (χ4n) is 3.55. The molecule has 1 unspecified atom stereocenters. The SMILES string of the molecule is O=C(Nc1ccc(Br)cc1)C(c1ccccc1)N(Cc1ccccc1)C(=O)c1ccccn1. The number of pyridine rings is 1. The van der Waals surface area contributed by atoms with E-state index in [2.05, 4.69) is 26.2 Å². The Hall–Kier alpha value is -3.77. The standard InChI is InChI=1S/C27H22BrN3O2/c28-22-14-16-23(17-15-22)30-26(32)25(21-11-5-2-6-12-21)31(19-20-9-3-1-4-10-20)27(33)24-13-7-8-18-29-24/h1-18,25H,19H2,(H,30,32). The first kappa shape index (κ1) is 22.4. The van der Waals surface area contributed by atoms with Gasteiger partial charge in [0.1, 0.15) is 11.7 Å². The highest BCUT2D eigenvalue weighted by Crippen LogP contribution is 2.27. The summed E-state index contributed by atoms with van der Waals surface area (Å²) < 4.78 is 0.913. The van der Waals surface area contributed by atoms with Gasteiger partial charge in [-0.2, -0.15) is 0 Å². The fourth-order valence-corrected chi connectivity index (χ4v) is 3.81. The van der Waals surface area contributed by atoms with E-state index in [0.717, 1.165) is 10.0 Å². The van der Waals surface area contributed by atoms with Crippen molar-refractivity contribution in [3.8, 4) is 0 Å². The summed E-state index contributed by atoms with van der Waals surface area (Å²) in [6, 6.07) is 30.6. The number of nitrogens with one attached hydrogen (secondary N) is 1. The van der Waals surface area contributed by atoms with Crippen LogP contribution in [-0.4, -0.2) is 21.7 Å². The van der Waals surface area contributed by atoms with Crippen LogP contribution in [0.5, 0.6) is 0 Å². The molecule has 6 heteroatoms. The van der Waals surface area contributed by atoms with Crippen LogP contribution in [0, 0.1) is 0 Å². The average molecular weight is 500 g/mol. The lowest BCUT2D eigenvalue weighted by Crippen LogP contribution is -2.41. The Balaban J connectivity index is 1.75. The van der Waals surface area contributed by atoms with Crippen LogP contribution < -0.4 is 5.32 Å². The first-order valence-electron chi connectivity index (χ1n) is 10.5. The molecule has 0 aliphatic heterocycles. The van der Waals surface area contributed by atoms with E-state index in [4.69, 9.17) is 0 Å². The van der Waals surface area contributed by atoms with Crippen LogP contribution >= 0.6 is 15.9 Å². The van der Waals surface area contributed by atoms with Gasteiger partial charge in [-0.05, 0) is 47.5 Å². The van der Waals surface area contributed by atoms with Crippen molar-refractivity contribution in [2.75, 3.05) is 5.32 Å². The molecule has 1 N–H and O–H groups in total. The van der Waals surface area contributed by atoms with Crippen LogP contribution in [0.25, 0.3) is 0 Å². The predicted molar refractivity (Wildman–Crippen MR) is 133 cm³/mol. The number of anilines is 1. The third-order valence-corrected chi connectivity index (χ3v) is 5.66. The summed E-state index contributed by atoms with van der Waals surface area (Å²) in [5, 5.41) is 2.97. The summed E-state index contributed by atoms with van der Waals surface area (Å²) in [4.78, 5) is 33.1. The highest BCUT2D eigenvalue weighted by molar-refractivity contribution is 9.10. The minimum atomic E-state index is -0.857. The monoisotopic (exact) mass is 499 g/mol. The van der Waals surface area contributed by atoms with Crippen molar-refractivity contribution in [2.45, 2.75) is 12.6 Å². The Kier molecular flexibility index (Phi) is 7.27. The van der Waals surface area contributed by atoms with Crippen molar-refractivity contribution in [3.05, 3.63) is 131 Å². The number of hydrogen-bond donors (Lipinski definition) is 1. The second-order valence-corrected chi connectivity index (χ2v) is 8.36. The Morgan fingerprint density at radius 2 is 1.45 bits per heavy atom. The van der Waals surface area contributed by atoms with E-state index in [0.29, 0.717) is 11.3 Å². The fraction of sp³-hybridized carbons (Fsp3) is 0.0741. The first-order chi connectivity index (χ1) is 16.1. The van der Waals surface area contributed by atoms with Crippen molar-refractivity contribution in [1.82, 2.24) is 9.88 Å². The molecule has 0 fully saturated rings. The molecule has 0 saturated heterocycles. The second-order valence-electron chi connectivity index (χ2n) is 7.44. The van der Waals surface area contributed by atoms with Crippen molar-refractivity contribution in [1.29, 1.82) is 0 Å². The minimum Gasteiger partial charge on any atom is -0.324 e. The highest BCUT2D eigenvalue weighted by atomic mass is 79.9. The smallest absolute Gasteiger partial charge is 0.273 e. The van der Waals surface area contributed by atoms with Crippen LogP contribution in [0.1, 0.15) is 27.7 Å². The molecule has 1 atom stereocenters. The Bertz CT molecular complexity index is 1200. The molecular formula is C27H22BrN3O2. The van der Waals surface area contributed by atoms with Crippen molar-refractivity contribution < 1.29 is 9.59 Å². The number of aromatic nitrogens is 1. The molecule has 0 saturated carbocycles. The van der Waals surface area contributed by atoms with Gasteiger partial charge >= 0.3 is 0 Å². The average Bonchev–Trinajstić information content (AvgIpc) is 2.86. The Labute approximate surface area is 201 Å². The van der Waals surface area contributed by atoms with Crippen LogP contribution in [0.3, 0.4) is 0 Å². The topological polar surface area (TPSA) is 62.3 Å². The maximum atomic E-state index is 13.6.